The van der Waals surface area contributed by atoms with Crippen LogP contribution in [0.5, 0.6) is 0 Å². The summed E-state index contributed by atoms with van der Waals surface area (Å²) in [4.78, 5) is 50.1. The van der Waals surface area contributed by atoms with Gasteiger partial charge in [-0.2, -0.15) is 0 Å². The van der Waals surface area contributed by atoms with Crippen LogP contribution >= 0.6 is 0 Å². The van der Waals surface area contributed by atoms with Gasteiger partial charge in [0.1, 0.15) is 11.7 Å². The number of nitrogens with zero attached hydrogens (tertiary/aromatic N) is 4. The number of carbonyl (C=O) groups is 3. The lowest BCUT2D eigenvalue weighted by Gasteiger charge is -2.36. The molecule has 0 radical (unpaired) electrons. The molecule has 33 heavy (non-hydrogen) atoms. The van der Waals surface area contributed by atoms with Crippen LogP contribution in [-0.2, 0) is 16.0 Å². The van der Waals surface area contributed by atoms with Gasteiger partial charge in [-0.25, -0.2) is 4.98 Å². The lowest BCUT2D eigenvalue weighted by Crippen LogP contribution is -2.57. The minimum Gasteiger partial charge on any atom is -0.349 e. The monoisotopic (exact) mass is 453 g/mol. The summed E-state index contributed by atoms with van der Waals surface area (Å²) in [6.07, 6.45) is 4.81. The fourth-order valence-corrected chi connectivity index (χ4v) is 3.78. The third kappa shape index (κ3) is 7.06. The van der Waals surface area contributed by atoms with E-state index in [-0.39, 0.29) is 49.5 Å². The quantitative estimate of drug-likeness (QED) is 0.439. The number of rotatable bonds is 10. The second kappa shape index (κ2) is 12.6. The van der Waals surface area contributed by atoms with Gasteiger partial charge in [0.05, 0.1) is 6.20 Å². The molecule has 1 aromatic carbocycles. The van der Waals surface area contributed by atoms with E-state index in [0.29, 0.717) is 32.6 Å². The zero-order valence-electron chi connectivity index (χ0n) is 18.7. The molecule has 0 bridgehead atoms. The third-order valence-electron chi connectivity index (χ3n) is 5.47. The van der Waals surface area contributed by atoms with Crippen LogP contribution in [0.1, 0.15) is 22.5 Å². The maximum Gasteiger partial charge on any atom is 0.271 e. The summed E-state index contributed by atoms with van der Waals surface area (Å²) >= 11 is 0. The van der Waals surface area contributed by atoms with E-state index in [1.165, 1.54) is 18.6 Å². The normalized spacial score (nSPS) is 14.4. The largest absolute Gasteiger partial charge is 0.349 e. The van der Waals surface area contributed by atoms with Gasteiger partial charge < -0.3 is 26.2 Å². The van der Waals surface area contributed by atoms with Gasteiger partial charge in [0.25, 0.3) is 5.91 Å². The van der Waals surface area contributed by atoms with E-state index in [1.807, 2.05) is 30.3 Å². The highest BCUT2D eigenvalue weighted by molar-refractivity contribution is 5.92. The third-order valence-corrected chi connectivity index (χ3v) is 5.47. The highest BCUT2D eigenvalue weighted by Crippen LogP contribution is 2.14. The van der Waals surface area contributed by atoms with Crippen molar-refractivity contribution in [2.24, 2.45) is 5.73 Å². The Hall–Kier alpha value is -3.37. The van der Waals surface area contributed by atoms with Crippen LogP contribution in [0.15, 0.2) is 48.9 Å². The minimum absolute atomic E-state index is 0.0917. The van der Waals surface area contributed by atoms with Crippen molar-refractivity contribution in [1.82, 2.24) is 30.4 Å². The Morgan fingerprint density at radius 3 is 2.58 bits per heavy atom. The average Bonchev–Trinajstić information content (AvgIpc) is 2.87. The number of amides is 3. The first-order valence-corrected chi connectivity index (χ1v) is 11.2. The van der Waals surface area contributed by atoms with Crippen LogP contribution in [0.2, 0.25) is 0 Å². The topological polar surface area (TPSA) is 134 Å². The molecule has 1 aromatic heterocycles. The first-order valence-electron chi connectivity index (χ1n) is 11.2. The van der Waals surface area contributed by atoms with Gasteiger partial charge in [0.15, 0.2) is 0 Å². The van der Waals surface area contributed by atoms with Gasteiger partial charge in [0.2, 0.25) is 11.8 Å². The van der Waals surface area contributed by atoms with E-state index in [9.17, 15) is 14.4 Å². The Morgan fingerprint density at radius 1 is 1.15 bits per heavy atom. The molecule has 1 aliphatic heterocycles. The van der Waals surface area contributed by atoms with Crippen molar-refractivity contribution >= 4 is 17.7 Å². The summed E-state index contributed by atoms with van der Waals surface area (Å²) in [7, 11) is 0. The second-order valence-corrected chi connectivity index (χ2v) is 7.75. The van der Waals surface area contributed by atoms with Crippen molar-refractivity contribution in [3.63, 3.8) is 0 Å². The fraction of sp³-hybridized carbons (Fsp3) is 0.435. The summed E-state index contributed by atoms with van der Waals surface area (Å²) in [5.74, 6) is -0.691. The van der Waals surface area contributed by atoms with Crippen LogP contribution in [0, 0.1) is 0 Å². The molecule has 2 aromatic rings. The van der Waals surface area contributed by atoms with Crippen LogP contribution in [0.25, 0.3) is 0 Å². The van der Waals surface area contributed by atoms with E-state index in [1.54, 1.807) is 9.80 Å². The number of hydrogen-bond acceptors (Lipinski definition) is 7. The zero-order chi connectivity index (χ0) is 23.5. The average molecular weight is 454 g/mol. The highest BCUT2D eigenvalue weighted by atomic mass is 16.2. The molecule has 0 spiro atoms. The molecule has 1 saturated heterocycles. The van der Waals surface area contributed by atoms with E-state index in [4.69, 9.17) is 5.73 Å². The number of carbonyl (C=O) groups excluding carboxylic acids is 3. The summed E-state index contributed by atoms with van der Waals surface area (Å²) in [6.45, 7) is 3.15. The minimum atomic E-state index is -0.682. The maximum absolute atomic E-state index is 13.5. The number of benzene rings is 1. The summed E-state index contributed by atoms with van der Waals surface area (Å²) in [5.41, 5.74) is 6.80. The number of hydrogen-bond donors (Lipinski definition) is 3. The molecule has 10 nitrogen and oxygen atoms in total. The van der Waals surface area contributed by atoms with Gasteiger partial charge >= 0.3 is 0 Å². The van der Waals surface area contributed by atoms with Gasteiger partial charge in [-0.3, -0.25) is 19.4 Å². The fourth-order valence-electron chi connectivity index (χ4n) is 3.78. The molecule has 1 unspecified atom stereocenters. The highest BCUT2D eigenvalue weighted by Gasteiger charge is 2.33. The van der Waals surface area contributed by atoms with Crippen molar-refractivity contribution in [2.45, 2.75) is 18.9 Å². The first-order chi connectivity index (χ1) is 16.1. The number of piperazine rings is 1. The van der Waals surface area contributed by atoms with Gasteiger partial charge in [-0.1, -0.05) is 30.3 Å². The molecule has 4 N–H and O–H groups in total. The van der Waals surface area contributed by atoms with Crippen molar-refractivity contribution in [3.05, 3.63) is 60.2 Å². The van der Waals surface area contributed by atoms with Crippen LogP contribution < -0.4 is 16.4 Å². The first kappa shape index (κ1) is 24.3. The van der Waals surface area contributed by atoms with E-state index >= 15 is 0 Å². The van der Waals surface area contributed by atoms with Crippen LogP contribution in [-0.4, -0.2) is 89.3 Å². The molecular weight excluding hydrogens is 422 g/mol. The molecule has 1 aliphatic rings. The molecular formula is C23H31N7O3. The molecule has 10 heteroatoms. The van der Waals surface area contributed by atoms with Crippen molar-refractivity contribution in [1.29, 1.82) is 0 Å². The van der Waals surface area contributed by atoms with Gasteiger partial charge in [-0.05, 0) is 5.56 Å². The summed E-state index contributed by atoms with van der Waals surface area (Å²) in [6, 6.07) is 8.94. The van der Waals surface area contributed by atoms with Crippen molar-refractivity contribution in [2.75, 3.05) is 45.8 Å². The molecule has 1 atom stereocenters. The SMILES string of the molecule is NCCC(=O)N(CCNC(=O)c1cnccn1)C(Cc1ccccc1)C(=O)N1CCNCC1. The van der Waals surface area contributed by atoms with Crippen molar-refractivity contribution in [3.8, 4) is 0 Å². The Labute approximate surface area is 193 Å². The molecule has 0 aliphatic carbocycles. The Bertz CT molecular complexity index is 905. The standard InChI is InChI=1S/C23H31N7O3/c24-7-6-21(31)30(15-12-28-22(32)19-17-26-8-9-27-19)20(16-18-4-2-1-3-5-18)23(33)29-13-10-25-11-14-29/h1-5,8-9,17,20,25H,6-7,10-16,24H2,(H,28,32). The predicted molar refractivity (Wildman–Crippen MR) is 123 cm³/mol. The second-order valence-electron chi connectivity index (χ2n) is 7.75. The molecule has 176 valence electrons. The summed E-state index contributed by atoms with van der Waals surface area (Å²) < 4.78 is 0. The van der Waals surface area contributed by atoms with Gasteiger partial charge in [-0.15, -0.1) is 0 Å². The predicted octanol–water partition coefficient (Wildman–Crippen LogP) is -0.573. The lowest BCUT2D eigenvalue weighted by atomic mass is 10.0. The van der Waals surface area contributed by atoms with Crippen molar-refractivity contribution < 1.29 is 14.4 Å². The smallest absolute Gasteiger partial charge is 0.271 e. The zero-order valence-corrected chi connectivity index (χ0v) is 18.7. The Morgan fingerprint density at radius 2 is 1.91 bits per heavy atom. The molecule has 1 fully saturated rings. The van der Waals surface area contributed by atoms with Crippen LogP contribution in [0.3, 0.4) is 0 Å². The molecule has 2 heterocycles. The van der Waals surface area contributed by atoms with E-state index < -0.39 is 6.04 Å². The van der Waals surface area contributed by atoms with Crippen LogP contribution in [0.4, 0.5) is 0 Å². The molecule has 3 amide bonds. The van der Waals surface area contributed by atoms with Gasteiger partial charge in [0, 0.05) is 71.0 Å². The Kier molecular flexibility index (Phi) is 9.28. The molecule has 3 rings (SSSR count). The number of nitrogens with two attached hydrogens (primary N) is 1. The lowest BCUT2D eigenvalue weighted by molar-refractivity contribution is -0.146. The van der Waals surface area contributed by atoms with E-state index in [0.717, 1.165) is 5.56 Å². The maximum atomic E-state index is 13.5. The summed E-state index contributed by atoms with van der Waals surface area (Å²) in [5, 5.41) is 6.01. The molecule has 0 saturated carbocycles. The number of aromatic nitrogens is 2. The number of nitrogens with one attached hydrogen (secondary N) is 2. The van der Waals surface area contributed by atoms with E-state index in [2.05, 4.69) is 20.6 Å². The Balaban J connectivity index is 1.77.